The fourth-order valence-corrected chi connectivity index (χ4v) is 9.75. The number of fused-ring (bicyclic) bond motifs is 1. The number of nitrogens with one attached hydrogen (secondary N) is 3. The highest BCUT2D eigenvalue weighted by Gasteiger charge is 2.45. The molecule has 0 radical (unpaired) electrons. The van der Waals surface area contributed by atoms with Crippen LogP contribution in [0.1, 0.15) is 108 Å². The van der Waals surface area contributed by atoms with Gasteiger partial charge in [-0.25, -0.2) is 4.79 Å². The Hall–Kier alpha value is -7.87. The molecular weight excluding hydrogens is 983 g/mol. The Morgan fingerprint density at radius 1 is 0.750 bits per heavy atom. The average molecular weight is 1050 g/mol. The number of rotatable bonds is 26. The molecule has 4 aromatic carbocycles. The van der Waals surface area contributed by atoms with Crippen LogP contribution in [0.5, 0.6) is 34.5 Å². The van der Waals surface area contributed by atoms with Gasteiger partial charge < -0.3 is 53.4 Å². The lowest BCUT2D eigenvalue weighted by atomic mass is 9.91. The first-order valence-corrected chi connectivity index (χ1v) is 25.5. The first-order chi connectivity index (χ1) is 36.8. The summed E-state index contributed by atoms with van der Waals surface area (Å²) in [5, 5.41) is 8.22. The lowest BCUT2D eigenvalue weighted by molar-refractivity contribution is -0.162. The number of aryl methyl sites for hydroxylation is 1. The van der Waals surface area contributed by atoms with Gasteiger partial charge in [-0.3, -0.25) is 39.0 Å². The topological polar surface area (TPSA) is 236 Å². The van der Waals surface area contributed by atoms with Gasteiger partial charge in [0.25, 0.3) is 17.7 Å². The number of carbonyl (C=O) groups is 7. The molecule has 3 N–H and O–H groups in total. The van der Waals surface area contributed by atoms with Crippen molar-refractivity contribution < 1.29 is 71.5 Å². The van der Waals surface area contributed by atoms with Crippen LogP contribution in [-0.2, 0) is 39.9 Å². The van der Waals surface area contributed by atoms with E-state index in [0.29, 0.717) is 103 Å². The van der Waals surface area contributed by atoms with E-state index >= 15 is 0 Å². The molecule has 0 bridgehead atoms. The van der Waals surface area contributed by atoms with E-state index < -0.39 is 59.6 Å². The normalized spacial score (nSPS) is 17.0. The molecule has 1 unspecified atom stereocenters. The van der Waals surface area contributed by atoms with Gasteiger partial charge in [0.05, 0.1) is 59.2 Å². The zero-order valence-corrected chi connectivity index (χ0v) is 43.9. The smallest absolute Gasteiger partial charge is 0.329 e. The lowest BCUT2D eigenvalue weighted by Gasteiger charge is -2.37. The quantitative estimate of drug-likeness (QED) is 0.0375. The van der Waals surface area contributed by atoms with Crippen molar-refractivity contribution in [3.05, 3.63) is 101 Å². The number of benzene rings is 4. The van der Waals surface area contributed by atoms with Crippen LogP contribution in [0.2, 0.25) is 0 Å². The first-order valence-electron chi connectivity index (χ1n) is 25.5. The second kappa shape index (κ2) is 26.6. The minimum absolute atomic E-state index is 0.0394. The Labute approximate surface area is 441 Å². The van der Waals surface area contributed by atoms with Crippen molar-refractivity contribution in [3.63, 3.8) is 0 Å². The molecule has 3 heterocycles. The van der Waals surface area contributed by atoms with E-state index in [1.54, 1.807) is 73.7 Å². The van der Waals surface area contributed by atoms with Gasteiger partial charge in [-0.2, -0.15) is 0 Å². The molecule has 2 fully saturated rings. The molecule has 0 aromatic heterocycles. The number of carbonyl (C=O) groups excluding carboxylic acids is 7. The predicted molar refractivity (Wildman–Crippen MR) is 277 cm³/mol. The molecule has 20 heteroatoms. The van der Waals surface area contributed by atoms with Crippen molar-refractivity contribution in [2.45, 2.75) is 88.8 Å². The summed E-state index contributed by atoms with van der Waals surface area (Å²) in [5.74, 6) is -1.32. The van der Waals surface area contributed by atoms with Crippen LogP contribution in [0.3, 0.4) is 0 Å². The molecule has 3 aliphatic rings. The molecule has 7 rings (SSSR count). The van der Waals surface area contributed by atoms with Crippen LogP contribution in [0, 0.1) is 0 Å². The van der Waals surface area contributed by atoms with Crippen LogP contribution >= 0.6 is 0 Å². The van der Waals surface area contributed by atoms with Gasteiger partial charge in [0, 0.05) is 43.9 Å². The van der Waals surface area contributed by atoms with E-state index in [9.17, 15) is 33.6 Å². The number of methoxy groups -OCH3 is 5. The molecule has 4 atom stereocenters. The maximum atomic E-state index is 14.6. The standard InChI is InChI=1S/C56H67N5O15/c1-7-37(35-30-47(71-4)51(73-6)48(31-35)72-5)53(65)60-26-11-10-14-42(60)56(68)76-44(21-16-34-17-22-45(69-2)46(29-34)70-3)39-13-8-9-15-43(39)75-33-50(63)58-25-28-74-27-12-24-57-36-18-19-38-40(32-36)55(67)61(54(38)66)41-20-23-49(62)59-52(41)64/h8-9,13,15,17-19,22,29-32,37,41-42,44,57H,7,10-12,14,16,20-21,23-28,33H2,1-6H3,(H,58,63)(H,59,62,64)/t37-,41?,42-,44+/m0/s1. The van der Waals surface area contributed by atoms with E-state index in [1.807, 2.05) is 25.1 Å². The van der Waals surface area contributed by atoms with E-state index in [4.69, 9.17) is 37.9 Å². The number of hydrogen-bond donors (Lipinski definition) is 3. The van der Waals surface area contributed by atoms with Gasteiger partial charge >= 0.3 is 5.97 Å². The van der Waals surface area contributed by atoms with Crippen LogP contribution in [0.25, 0.3) is 0 Å². The van der Waals surface area contributed by atoms with Gasteiger partial charge in [-0.1, -0.05) is 31.2 Å². The summed E-state index contributed by atoms with van der Waals surface area (Å²) in [4.78, 5) is 95.0. The number of hydrogen-bond acceptors (Lipinski definition) is 16. The number of para-hydroxylation sites is 1. The van der Waals surface area contributed by atoms with Gasteiger partial charge in [-0.15, -0.1) is 0 Å². The molecular formula is C56H67N5O15. The number of imide groups is 2. The van der Waals surface area contributed by atoms with Crippen molar-refractivity contribution in [3.8, 4) is 34.5 Å². The largest absolute Gasteiger partial charge is 0.493 e. The highest BCUT2D eigenvalue weighted by atomic mass is 16.6. The van der Waals surface area contributed by atoms with Crippen molar-refractivity contribution >= 4 is 47.1 Å². The molecule has 6 amide bonds. The fourth-order valence-electron chi connectivity index (χ4n) is 9.75. The summed E-state index contributed by atoms with van der Waals surface area (Å²) >= 11 is 0. The minimum atomic E-state index is -1.04. The zero-order chi connectivity index (χ0) is 54.3. The van der Waals surface area contributed by atoms with Crippen molar-refractivity contribution in [2.75, 3.05) is 80.3 Å². The van der Waals surface area contributed by atoms with Gasteiger partial charge in [0.15, 0.2) is 29.6 Å². The number of esters is 1. The highest BCUT2D eigenvalue weighted by molar-refractivity contribution is 6.23. The minimum Gasteiger partial charge on any atom is -0.493 e. The molecule has 0 spiro atoms. The van der Waals surface area contributed by atoms with Crippen LogP contribution in [0.4, 0.5) is 5.69 Å². The summed E-state index contributed by atoms with van der Waals surface area (Å²) in [6.07, 6.45) is 2.94. The second-order valence-corrected chi connectivity index (χ2v) is 18.4. The molecule has 76 heavy (non-hydrogen) atoms. The molecule has 0 saturated carbocycles. The maximum absolute atomic E-state index is 14.6. The average Bonchev–Trinajstić information content (AvgIpc) is 3.70. The number of likely N-dealkylation sites (tertiary alicyclic amines) is 1. The third-order valence-corrected chi connectivity index (χ3v) is 13.7. The molecule has 4 aromatic rings. The monoisotopic (exact) mass is 1050 g/mol. The number of anilines is 1. The van der Waals surface area contributed by atoms with Crippen LogP contribution < -0.4 is 44.4 Å². The maximum Gasteiger partial charge on any atom is 0.329 e. The predicted octanol–water partition coefficient (Wildman–Crippen LogP) is 5.94. The van der Waals surface area contributed by atoms with Gasteiger partial charge in [0.1, 0.15) is 23.9 Å². The van der Waals surface area contributed by atoms with E-state index in [0.717, 1.165) is 23.3 Å². The summed E-state index contributed by atoms with van der Waals surface area (Å²) < 4.78 is 46.0. The molecule has 20 nitrogen and oxygen atoms in total. The van der Waals surface area contributed by atoms with Crippen molar-refractivity contribution in [1.82, 2.24) is 20.4 Å². The summed E-state index contributed by atoms with van der Waals surface area (Å²) in [6.45, 7) is 3.23. The number of amides is 6. The summed E-state index contributed by atoms with van der Waals surface area (Å²) in [6, 6.07) is 19.1. The zero-order valence-electron chi connectivity index (χ0n) is 43.9. The number of ether oxygens (including phenoxy) is 8. The van der Waals surface area contributed by atoms with Gasteiger partial charge in [-0.05, 0) is 111 Å². The Morgan fingerprint density at radius 2 is 1.49 bits per heavy atom. The van der Waals surface area contributed by atoms with Crippen LogP contribution in [-0.4, -0.2) is 138 Å². The van der Waals surface area contributed by atoms with Crippen molar-refractivity contribution in [1.29, 1.82) is 0 Å². The van der Waals surface area contributed by atoms with E-state index in [2.05, 4.69) is 16.0 Å². The fraction of sp³-hybridized carbons (Fsp3) is 0.446. The van der Waals surface area contributed by atoms with Gasteiger partial charge in [0.2, 0.25) is 23.5 Å². The Balaban J connectivity index is 0.939. The Morgan fingerprint density at radius 3 is 2.20 bits per heavy atom. The number of nitrogens with zero attached hydrogens (tertiary/aromatic N) is 2. The Kier molecular flexibility index (Phi) is 19.5. The summed E-state index contributed by atoms with van der Waals surface area (Å²) in [7, 11) is 7.67. The molecule has 3 aliphatic heterocycles. The SMILES string of the molecule is CC[C@H](C(=O)N1CCCC[C@H]1C(=O)O[C@H](CCc1ccc(OC)c(OC)c1)c1ccccc1OCC(=O)NCCOCCCNc1ccc2c(c1)C(=O)N(C1CCC(=O)NC1=O)C2=O)c1cc(OC)c(OC)c(OC)c1. The lowest BCUT2D eigenvalue weighted by Crippen LogP contribution is -2.54. The first kappa shape index (κ1) is 55.9. The van der Waals surface area contributed by atoms with Crippen molar-refractivity contribution in [2.24, 2.45) is 0 Å². The number of piperidine rings is 2. The third-order valence-electron chi connectivity index (χ3n) is 13.7. The molecule has 406 valence electrons. The van der Waals surface area contributed by atoms with E-state index in [1.165, 1.54) is 21.3 Å². The third kappa shape index (κ3) is 13.1. The van der Waals surface area contributed by atoms with E-state index in [-0.39, 0.29) is 49.6 Å². The van der Waals surface area contributed by atoms with Crippen LogP contribution in [0.15, 0.2) is 72.8 Å². The second-order valence-electron chi connectivity index (χ2n) is 18.4. The summed E-state index contributed by atoms with van der Waals surface area (Å²) in [5.41, 5.74) is 3.10. The molecule has 2 saturated heterocycles. The Bertz CT molecular complexity index is 2740. The highest BCUT2D eigenvalue weighted by Crippen LogP contribution is 2.42. The molecule has 0 aliphatic carbocycles.